The normalized spacial score (nSPS) is 29.8. The molecule has 4 rings (SSSR count). The van der Waals surface area contributed by atoms with Gasteiger partial charge in [-0.2, -0.15) is 0 Å². The van der Waals surface area contributed by atoms with Gasteiger partial charge in [0.25, 0.3) is 5.91 Å². The zero-order chi connectivity index (χ0) is 17.2. The molecule has 6 nitrogen and oxygen atoms in total. The molecule has 0 radical (unpaired) electrons. The first-order valence-electron chi connectivity index (χ1n) is 9.23. The number of hydrogen-bond donors (Lipinski definition) is 0. The molecular weight excluding hydrogens is 320 g/mol. The van der Waals surface area contributed by atoms with E-state index >= 15 is 0 Å². The molecule has 136 valence electrons. The van der Waals surface area contributed by atoms with Gasteiger partial charge in [0.15, 0.2) is 0 Å². The van der Waals surface area contributed by atoms with Gasteiger partial charge in [0.1, 0.15) is 0 Å². The average Bonchev–Trinajstić information content (AvgIpc) is 3.24. The number of aryl methyl sites for hydroxylation is 1. The van der Waals surface area contributed by atoms with E-state index < -0.39 is 0 Å². The zero-order valence-electron chi connectivity index (χ0n) is 14.7. The van der Waals surface area contributed by atoms with Crippen molar-refractivity contribution in [3.8, 4) is 0 Å². The number of aromatic nitrogens is 1. The lowest BCUT2D eigenvalue weighted by Crippen LogP contribution is -2.38. The number of ether oxygens (including phenoxy) is 3. The van der Waals surface area contributed by atoms with Crippen molar-refractivity contribution >= 4 is 5.91 Å². The molecule has 1 aromatic heterocycles. The highest BCUT2D eigenvalue weighted by atomic mass is 16.5. The van der Waals surface area contributed by atoms with E-state index in [1.807, 2.05) is 24.0 Å². The highest BCUT2D eigenvalue weighted by Gasteiger charge is 2.48. The molecule has 0 saturated carbocycles. The highest BCUT2D eigenvalue weighted by molar-refractivity contribution is 5.94. The molecule has 0 unspecified atom stereocenters. The zero-order valence-corrected chi connectivity index (χ0v) is 14.7. The first-order valence-corrected chi connectivity index (χ1v) is 9.23. The van der Waals surface area contributed by atoms with E-state index in [9.17, 15) is 4.79 Å². The molecular formula is C19H26N2O4. The van der Waals surface area contributed by atoms with Crippen LogP contribution < -0.4 is 0 Å². The maximum atomic E-state index is 12.9. The van der Waals surface area contributed by atoms with Crippen LogP contribution in [0.3, 0.4) is 0 Å². The van der Waals surface area contributed by atoms with Crippen LogP contribution in [0.15, 0.2) is 18.3 Å². The predicted octanol–water partition coefficient (Wildman–Crippen LogP) is 1.67. The Bertz CT molecular complexity index is 600. The second-order valence-corrected chi connectivity index (χ2v) is 7.34. The Balaban J connectivity index is 1.41. The van der Waals surface area contributed by atoms with Crippen LogP contribution in [0.4, 0.5) is 0 Å². The van der Waals surface area contributed by atoms with Gasteiger partial charge >= 0.3 is 0 Å². The average molecular weight is 346 g/mol. The number of rotatable bonds is 4. The van der Waals surface area contributed by atoms with E-state index in [0.717, 1.165) is 38.4 Å². The van der Waals surface area contributed by atoms with Gasteiger partial charge in [-0.3, -0.25) is 9.78 Å². The molecule has 1 aromatic rings. The fraction of sp³-hybridized carbons (Fsp3) is 0.684. The van der Waals surface area contributed by atoms with Crippen molar-refractivity contribution in [3.05, 3.63) is 29.6 Å². The highest BCUT2D eigenvalue weighted by Crippen LogP contribution is 2.33. The van der Waals surface area contributed by atoms with Gasteiger partial charge < -0.3 is 19.1 Å². The summed E-state index contributed by atoms with van der Waals surface area (Å²) in [4.78, 5) is 19.1. The van der Waals surface area contributed by atoms with Gasteiger partial charge in [0.05, 0.1) is 37.5 Å². The summed E-state index contributed by atoms with van der Waals surface area (Å²) in [7, 11) is 0. The Labute approximate surface area is 148 Å². The summed E-state index contributed by atoms with van der Waals surface area (Å²) in [6.45, 7) is 6.27. The number of amides is 1. The van der Waals surface area contributed by atoms with Crippen molar-refractivity contribution in [2.45, 2.75) is 31.9 Å². The Morgan fingerprint density at radius 3 is 2.88 bits per heavy atom. The predicted molar refractivity (Wildman–Crippen MR) is 91.4 cm³/mol. The quantitative estimate of drug-likeness (QED) is 0.830. The van der Waals surface area contributed by atoms with Crippen molar-refractivity contribution in [3.63, 3.8) is 0 Å². The van der Waals surface area contributed by atoms with Gasteiger partial charge in [-0.05, 0) is 37.8 Å². The number of pyridine rings is 1. The van der Waals surface area contributed by atoms with E-state index in [1.165, 1.54) is 0 Å². The number of nitrogens with zero attached hydrogens (tertiary/aromatic N) is 2. The number of carbonyl (C=O) groups excluding carboxylic acids is 1. The molecule has 3 fully saturated rings. The lowest BCUT2D eigenvalue weighted by molar-refractivity contribution is -0.0251. The molecule has 3 atom stereocenters. The van der Waals surface area contributed by atoms with Crippen LogP contribution in [0.1, 0.15) is 28.9 Å². The molecule has 0 N–H and O–H groups in total. The van der Waals surface area contributed by atoms with E-state index in [2.05, 4.69) is 4.98 Å². The number of hydrogen-bond acceptors (Lipinski definition) is 5. The van der Waals surface area contributed by atoms with Gasteiger partial charge in [-0.25, -0.2) is 0 Å². The van der Waals surface area contributed by atoms with E-state index in [-0.39, 0.29) is 24.0 Å². The fourth-order valence-corrected chi connectivity index (χ4v) is 4.04. The number of fused-ring (bicyclic) bond motifs is 1. The van der Waals surface area contributed by atoms with Crippen LogP contribution in [-0.2, 0) is 14.2 Å². The molecule has 4 heterocycles. The molecule has 1 amide bonds. The second kappa shape index (κ2) is 7.40. The van der Waals surface area contributed by atoms with Crippen LogP contribution in [0, 0.1) is 18.8 Å². The van der Waals surface area contributed by atoms with Crippen LogP contribution in [0.5, 0.6) is 0 Å². The Morgan fingerprint density at radius 1 is 1.28 bits per heavy atom. The third-order valence-corrected chi connectivity index (χ3v) is 5.65. The lowest BCUT2D eigenvalue weighted by atomic mass is 10.00. The maximum Gasteiger partial charge on any atom is 0.255 e. The van der Waals surface area contributed by atoms with Gasteiger partial charge in [0.2, 0.25) is 0 Å². The second-order valence-electron chi connectivity index (χ2n) is 7.34. The van der Waals surface area contributed by atoms with Gasteiger partial charge in [-0.15, -0.1) is 0 Å². The number of likely N-dealkylation sites (tertiary alicyclic amines) is 1. The summed E-state index contributed by atoms with van der Waals surface area (Å²) < 4.78 is 17.3. The molecule has 0 bridgehead atoms. The van der Waals surface area contributed by atoms with E-state index in [1.54, 1.807) is 6.20 Å². The van der Waals surface area contributed by atoms with Gasteiger partial charge in [-0.1, -0.05) is 0 Å². The summed E-state index contributed by atoms with van der Waals surface area (Å²) >= 11 is 0. The van der Waals surface area contributed by atoms with Crippen LogP contribution >= 0.6 is 0 Å². The molecule has 0 spiro atoms. The SMILES string of the molecule is Cc1ccc(C(=O)N2C[C@@H](OCC3CCOCC3)[C@@H]3COC[C@@H]32)cn1. The molecule has 3 saturated heterocycles. The maximum absolute atomic E-state index is 12.9. The summed E-state index contributed by atoms with van der Waals surface area (Å²) in [5.74, 6) is 0.882. The Kier molecular flexibility index (Phi) is 5.01. The van der Waals surface area contributed by atoms with Crippen LogP contribution in [-0.4, -0.2) is 67.5 Å². The molecule has 3 aliphatic rings. The summed E-state index contributed by atoms with van der Waals surface area (Å²) in [6, 6.07) is 3.85. The first-order chi connectivity index (χ1) is 12.2. The van der Waals surface area contributed by atoms with Crippen molar-refractivity contribution in [2.75, 3.05) is 39.6 Å². The van der Waals surface area contributed by atoms with Crippen molar-refractivity contribution in [1.29, 1.82) is 0 Å². The smallest absolute Gasteiger partial charge is 0.255 e. The van der Waals surface area contributed by atoms with Crippen molar-refractivity contribution < 1.29 is 19.0 Å². The van der Waals surface area contributed by atoms with Gasteiger partial charge in [0, 0.05) is 37.6 Å². The standard InChI is InChI=1S/C19H26N2O4/c1-13-2-3-15(8-20-13)19(22)21-9-18(16-11-24-12-17(16)21)25-10-14-4-6-23-7-5-14/h2-3,8,14,16-18H,4-7,9-12H2,1H3/t16-,17+,18-/m1/s1. The third kappa shape index (κ3) is 3.57. The van der Waals surface area contributed by atoms with Crippen LogP contribution in [0.2, 0.25) is 0 Å². The van der Waals surface area contributed by atoms with E-state index in [0.29, 0.717) is 31.2 Å². The summed E-state index contributed by atoms with van der Waals surface area (Å²) in [5.41, 5.74) is 1.55. The minimum absolute atomic E-state index is 0.0326. The molecule has 3 aliphatic heterocycles. The van der Waals surface area contributed by atoms with Crippen molar-refractivity contribution in [2.24, 2.45) is 11.8 Å². The molecule has 0 aromatic carbocycles. The van der Waals surface area contributed by atoms with E-state index in [4.69, 9.17) is 14.2 Å². The first kappa shape index (κ1) is 16.9. The lowest BCUT2D eigenvalue weighted by Gasteiger charge is -2.25. The summed E-state index contributed by atoms with van der Waals surface area (Å²) in [5, 5.41) is 0. The molecule has 6 heteroatoms. The Morgan fingerprint density at radius 2 is 2.12 bits per heavy atom. The summed E-state index contributed by atoms with van der Waals surface area (Å²) in [6.07, 6.45) is 3.86. The monoisotopic (exact) mass is 346 g/mol. The minimum Gasteiger partial charge on any atom is -0.381 e. The largest absolute Gasteiger partial charge is 0.381 e. The molecule has 0 aliphatic carbocycles. The topological polar surface area (TPSA) is 60.9 Å². The number of carbonyl (C=O) groups is 1. The van der Waals surface area contributed by atoms with Crippen molar-refractivity contribution in [1.82, 2.24) is 9.88 Å². The molecule has 25 heavy (non-hydrogen) atoms. The Hall–Kier alpha value is -1.50. The van der Waals surface area contributed by atoms with Crippen LogP contribution in [0.25, 0.3) is 0 Å². The fourth-order valence-electron chi connectivity index (χ4n) is 4.04. The third-order valence-electron chi connectivity index (χ3n) is 5.65. The minimum atomic E-state index is 0.0326.